The SMILES string of the molecule is C[C@@H](NCC1(O)CCCCC1)C1CCCCCC1. The molecule has 2 rings (SSSR count). The van der Waals surface area contributed by atoms with Crippen LogP contribution in [-0.4, -0.2) is 23.3 Å². The van der Waals surface area contributed by atoms with Gasteiger partial charge in [0.05, 0.1) is 5.60 Å². The van der Waals surface area contributed by atoms with Gasteiger partial charge in [0.25, 0.3) is 0 Å². The van der Waals surface area contributed by atoms with Crippen LogP contribution in [0.5, 0.6) is 0 Å². The lowest BCUT2D eigenvalue weighted by molar-refractivity contribution is 0.00134. The highest BCUT2D eigenvalue weighted by Crippen LogP contribution is 2.29. The average molecular weight is 253 g/mol. The van der Waals surface area contributed by atoms with Crippen LogP contribution in [0.4, 0.5) is 0 Å². The van der Waals surface area contributed by atoms with E-state index in [0.29, 0.717) is 6.04 Å². The van der Waals surface area contributed by atoms with E-state index in [2.05, 4.69) is 12.2 Å². The molecule has 0 unspecified atom stereocenters. The fraction of sp³-hybridized carbons (Fsp3) is 1.00. The van der Waals surface area contributed by atoms with Gasteiger partial charge in [0, 0.05) is 12.6 Å². The van der Waals surface area contributed by atoms with E-state index >= 15 is 0 Å². The van der Waals surface area contributed by atoms with Crippen molar-refractivity contribution in [1.29, 1.82) is 0 Å². The zero-order chi connectivity index (χ0) is 12.8. The smallest absolute Gasteiger partial charge is 0.0771 e. The van der Waals surface area contributed by atoms with Crippen LogP contribution in [0.25, 0.3) is 0 Å². The fourth-order valence-electron chi connectivity index (χ4n) is 3.72. The van der Waals surface area contributed by atoms with Crippen molar-refractivity contribution in [2.24, 2.45) is 5.92 Å². The van der Waals surface area contributed by atoms with Crippen LogP contribution in [0.2, 0.25) is 0 Å². The molecule has 0 aromatic carbocycles. The monoisotopic (exact) mass is 253 g/mol. The Morgan fingerprint density at radius 3 is 2.17 bits per heavy atom. The minimum atomic E-state index is -0.406. The minimum absolute atomic E-state index is 0.406. The van der Waals surface area contributed by atoms with E-state index in [1.54, 1.807) is 0 Å². The minimum Gasteiger partial charge on any atom is -0.389 e. The highest BCUT2D eigenvalue weighted by Gasteiger charge is 2.30. The van der Waals surface area contributed by atoms with Crippen molar-refractivity contribution >= 4 is 0 Å². The predicted molar refractivity (Wildman–Crippen MR) is 76.7 cm³/mol. The maximum absolute atomic E-state index is 10.5. The van der Waals surface area contributed by atoms with Crippen LogP contribution in [0.3, 0.4) is 0 Å². The molecular formula is C16H31NO. The third-order valence-corrected chi connectivity index (χ3v) is 5.14. The van der Waals surface area contributed by atoms with Crippen LogP contribution >= 0.6 is 0 Å². The van der Waals surface area contributed by atoms with E-state index in [0.717, 1.165) is 25.3 Å². The summed E-state index contributed by atoms with van der Waals surface area (Å²) in [5.74, 6) is 0.833. The summed E-state index contributed by atoms with van der Waals surface area (Å²) in [7, 11) is 0. The highest BCUT2D eigenvalue weighted by atomic mass is 16.3. The lowest BCUT2D eigenvalue weighted by atomic mass is 9.84. The van der Waals surface area contributed by atoms with Gasteiger partial charge in [0.2, 0.25) is 0 Å². The van der Waals surface area contributed by atoms with Crippen LogP contribution < -0.4 is 5.32 Å². The molecule has 0 spiro atoms. The first-order valence-corrected chi connectivity index (χ1v) is 8.15. The molecule has 18 heavy (non-hydrogen) atoms. The third-order valence-electron chi connectivity index (χ3n) is 5.14. The summed E-state index contributed by atoms with van der Waals surface area (Å²) in [6.45, 7) is 3.13. The molecule has 0 amide bonds. The Labute approximate surface area is 113 Å². The first-order valence-electron chi connectivity index (χ1n) is 8.15. The zero-order valence-corrected chi connectivity index (χ0v) is 12.1. The van der Waals surface area contributed by atoms with Gasteiger partial charge >= 0.3 is 0 Å². The molecule has 2 aliphatic rings. The zero-order valence-electron chi connectivity index (χ0n) is 12.1. The molecule has 0 aliphatic heterocycles. The first-order chi connectivity index (χ1) is 8.70. The van der Waals surface area contributed by atoms with Crippen molar-refractivity contribution in [3.05, 3.63) is 0 Å². The van der Waals surface area contributed by atoms with Gasteiger partial charge in [-0.3, -0.25) is 0 Å². The molecule has 0 saturated heterocycles. The van der Waals surface area contributed by atoms with E-state index in [-0.39, 0.29) is 0 Å². The molecule has 0 aromatic heterocycles. The largest absolute Gasteiger partial charge is 0.389 e. The molecule has 106 valence electrons. The standard InChI is InChI=1S/C16H31NO/c1-14(15-9-5-2-3-6-10-15)17-13-16(18)11-7-4-8-12-16/h14-15,17-18H,2-13H2,1H3/t14-/m1/s1. The Morgan fingerprint density at radius 1 is 1.00 bits per heavy atom. The molecule has 2 nitrogen and oxygen atoms in total. The Hall–Kier alpha value is -0.0800. The maximum atomic E-state index is 10.5. The number of aliphatic hydroxyl groups is 1. The summed E-state index contributed by atoms with van der Waals surface area (Å²) in [6.07, 6.45) is 14.1. The lowest BCUT2D eigenvalue weighted by Gasteiger charge is -2.34. The van der Waals surface area contributed by atoms with Crippen molar-refractivity contribution in [1.82, 2.24) is 5.32 Å². The maximum Gasteiger partial charge on any atom is 0.0771 e. The van der Waals surface area contributed by atoms with Crippen molar-refractivity contribution < 1.29 is 5.11 Å². The van der Waals surface area contributed by atoms with Crippen molar-refractivity contribution in [2.45, 2.75) is 89.2 Å². The van der Waals surface area contributed by atoms with Gasteiger partial charge in [0.1, 0.15) is 0 Å². The van der Waals surface area contributed by atoms with E-state index in [1.807, 2.05) is 0 Å². The number of hydrogen-bond donors (Lipinski definition) is 2. The first kappa shape index (κ1) is 14.3. The van der Waals surface area contributed by atoms with E-state index < -0.39 is 5.60 Å². The van der Waals surface area contributed by atoms with E-state index in [1.165, 1.54) is 57.8 Å². The van der Waals surface area contributed by atoms with E-state index in [9.17, 15) is 5.11 Å². The molecule has 2 aliphatic carbocycles. The van der Waals surface area contributed by atoms with E-state index in [4.69, 9.17) is 0 Å². The van der Waals surface area contributed by atoms with Gasteiger partial charge in [-0.15, -0.1) is 0 Å². The second-order valence-corrected chi connectivity index (χ2v) is 6.71. The predicted octanol–water partition coefficient (Wildman–Crippen LogP) is 3.63. The number of rotatable bonds is 4. The number of hydrogen-bond acceptors (Lipinski definition) is 2. The summed E-state index contributed by atoms with van der Waals surface area (Å²) in [5.41, 5.74) is -0.406. The molecule has 2 heteroatoms. The molecule has 0 bridgehead atoms. The fourth-order valence-corrected chi connectivity index (χ4v) is 3.72. The van der Waals surface area contributed by atoms with Gasteiger partial charge < -0.3 is 10.4 Å². The molecule has 2 N–H and O–H groups in total. The van der Waals surface area contributed by atoms with Gasteiger partial charge in [0.15, 0.2) is 0 Å². The Kier molecular flexibility index (Phi) is 5.50. The normalized spacial score (nSPS) is 27.7. The summed E-state index contributed by atoms with van der Waals surface area (Å²) in [6, 6.07) is 0.578. The highest BCUT2D eigenvalue weighted by molar-refractivity contribution is 4.86. The quantitative estimate of drug-likeness (QED) is 0.750. The second kappa shape index (κ2) is 6.91. The number of nitrogens with one attached hydrogen (secondary N) is 1. The van der Waals surface area contributed by atoms with Crippen LogP contribution in [-0.2, 0) is 0 Å². The van der Waals surface area contributed by atoms with Crippen molar-refractivity contribution in [3.63, 3.8) is 0 Å². The molecule has 0 radical (unpaired) electrons. The Bertz CT molecular complexity index is 227. The molecular weight excluding hydrogens is 222 g/mol. The summed E-state index contributed by atoms with van der Waals surface area (Å²) in [4.78, 5) is 0. The summed E-state index contributed by atoms with van der Waals surface area (Å²) < 4.78 is 0. The van der Waals surface area contributed by atoms with Crippen molar-refractivity contribution in [3.8, 4) is 0 Å². The van der Waals surface area contributed by atoms with Crippen LogP contribution in [0, 0.1) is 5.92 Å². The average Bonchev–Trinajstić information content (AvgIpc) is 2.66. The van der Waals surface area contributed by atoms with Gasteiger partial charge in [-0.2, -0.15) is 0 Å². The molecule has 0 heterocycles. The van der Waals surface area contributed by atoms with Crippen LogP contribution in [0.15, 0.2) is 0 Å². The second-order valence-electron chi connectivity index (χ2n) is 6.71. The third kappa shape index (κ3) is 4.24. The lowest BCUT2D eigenvalue weighted by Crippen LogP contribution is -2.46. The molecule has 2 saturated carbocycles. The summed E-state index contributed by atoms with van der Waals surface area (Å²) >= 11 is 0. The summed E-state index contributed by atoms with van der Waals surface area (Å²) in [5, 5.41) is 14.2. The van der Waals surface area contributed by atoms with Crippen LogP contribution in [0.1, 0.15) is 77.6 Å². The molecule has 1 atom stereocenters. The van der Waals surface area contributed by atoms with Crippen molar-refractivity contribution in [2.75, 3.05) is 6.54 Å². The van der Waals surface area contributed by atoms with Gasteiger partial charge in [-0.25, -0.2) is 0 Å². The Morgan fingerprint density at radius 2 is 1.56 bits per heavy atom. The Balaban J connectivity index is 1.74. The molecule has 0 aromatic rings. The topological polar surface area (TPSA) is 32.3 Å². The van der Waals surface area contributed by atoms with Gasteiger partial charge in [-0.05, 0) is 38.5 Å². The molecule has 2 fully saturated rings. The van der Waals surface area contributed by atoms with Gasteiger partial charge in [-0.1, -0.05) is 44.9 Å².